The van der Waals surface area contributed by atoms with Crippen LogP contribution >= 0.6 is 34.5 Å². The van der Waals surface area contributed by atoms with E-state index in [1.54, 1.807) is 30.3 Å². The molecule has 36 heavy (non-hydrogen) atoms. The molecule has 3 aromatic rings. The molecule has 11 heteroatoms. The van der Waals surface area contributed by atoms with Gasteiger partial charge in [-0.05, 0) is 67.6 Å². The minimum absolute atomic E-state index is 0.0634. The van der Waals surface area contributed by atoms with Crippen LogP contribution in [0, 0.1) is 0 Å². The molecule has 0 unspecified atom stereocenters. The predicted molar refractivity (Wildman–Crippen MR) is 144 cm³/mol. The minimum atomic E-state index is -3.69. The van der Waals surface area contributed by atoms with Crippen LogP contribution in [0.2, 0.25) is 10.0 Å². The van der Waals surface area contributed by atoms with Crippen molar-refractivity contribution in [1.29, 1.82) is 0 Å². The zero-order valence-electron chi connectivity index (χ0n) is 19.6. The highest BCUT2D eigenvalue weighted by molar-refractivity contribution is 7.92. The van der Waals surface area contributed by atoms with E-state index in [1.165, 1.54) is 34.9 Å². The molecule has 0 saturated carbocycles. The lowest BCUT2D eigenvalue weighted by molar-refractivity contribution is 0.0601. The molecule has 0 aliphatic heterocycles. The second-order valence-electron chi connectivity index (χ2n) is 8.38. The molecule has 1 aliphatic rings. The van der Waals surface area contributed by atoms with E-state index in [0.29, 0.717) is 37.4 Å². The highest BCUT2D eigenvalue weighted by Gasteiger charge is 2.27. The van der Waals surface area contributed by atoms with E-state index < -0.39 is 21.9 Å². The molecule has 1 aromatic heterocycles. The minimum Gasteiger partial charge on any atom is -0.465 e. The zero-order valence-corrected chi connectivity index (χ0v) is 22.8. The van der Waals surface area contributed by atoms with Crippen LogP contribution in [0.5, 0.6) is 0 Å². The van der Waals surface area contributed by atoms with Gasteiger partial charge in [0.15, 0.2) is 0 Å². The van der Waals surface area contributed by atoms with E-state index in [4.69, 9.17) is 27.9 Å². The fourth-order valence-corrected chi connectivity index (χ4v) is 6.81. The van der Waals surface area contributed by atoms with Crippen molar-refractivity contribution in [1.82, 2.24) is 0 Å². The SMILES string of the molecule is COC(=O)c1c(NC(=O)c2ccc(N(Cc3c(Cl)cccc3Cl)S(C)(=O)=O)cc2)sc2c1CCCC2. The van der Waals surface area contributed by atoms with Gasteiger partial charge in [0.1, 0.15) is 5.00 Å². The van der Waals surface area contributed by atoms with Gasteiger partial charge in [0.2, 0.25) is 10.0 Å². The Kier molecular flexibility index (Phi) is 7.94. The number of thiophene rings is 1. The van der Waals surface area contributed by atoms with Gasteiger partial charge < -0.3 is 10.1 Å². The smallest absolute Gasteiger partial charge is 0.341 e. The fraction of sp³-hybridized carbons (Fsp3) is 0.280. The van der Waals surface area contributed by atoms with Gasteiger partial charge in [0, 0.05) is 26.0 Å². The maximum atomic E-state index is 13.0. The average molecular weight is 568 g/mol. The Labute approximate surface area is 224 Å². The Balaban J connectivity index is 1.59. The first-order valence-corrected chi connectivity index (χ1v) is 14.6. The number of hydrogen-bond acceptors (Lipinski definition) is 6. The normalized spacial score (nSPS) is 13.1. The summed E-state index contributed by atoms with van der Waals surface area (Å²) in [5.41, 5.74) is 2.51. The van der Waals surface area contributed by atoms with Crippen LogP contribution in [0.25, 0.3) is 0 Å². The van der Waals surface area contributed by atoms with Gasteiger partial charge >= 0.3 is 5.97 Å². The number of nitrogens with zero attached hydrogens (tertiary/aromatic N) is 1. The summed E-state index contributed by atoms with van der Waals surface area (Å²) in [4.78, 5) is 26.6. The van der Waals surface area contributed by atoms with Gasteiger partial charge in [0.25, 0.3) is 5.91 Å². The maximum absolute atomic E-state index is 13.0. The highest BCUT2D eigenvalue weighted by Crippen LogP contribution is 2.39. The van der Waals surface area contributed by atoms with E-state index in [0.717, 1.165) is 42.4 Å². The second-order valence-corrected chi connectivity index (χ2v) is 12.2. The number of hydrogen-bond donors (Lipinski definition) is 1. The monoisotopic (exact) mass is 566 g/mol. The number of methoxy groups -OCH3 is 1. The van der Waals surface area contributed by atoms with Crippen LogP contribution in [0.3, 0.4) is 0 Å². The zero-order chi connectivity index (χ0) is 26.0. The van der Waals surface area contributed by atoms with Gasteiger partial charge in [-0.15, -0.1) is 11.3 Å². The van der Waals surface area contributed by atoms with Gasteiger partial charge in [-0.25, -0.2) is 13.2 Å². The Morgan fingerprint density at radius 1 is 1.06 bits per heavy atom. The number of amides is 1. The van der Waals surface area contributed by atoms with Crippen molar-refractivity contribution < 1.29 is 22.7 Å². The predicted octanol–water partition coefficient (Wildman–Crippen LogP) is 5.94. The van der Waals surface area contributed by atoms with Crippen LogP contribution in [0.15, 0.2) is 42.5 Å². The van der Waals surface area contributed by atoms with Gasteiger partial charge in [0.05, 0.1) is 31.2 Å². The van der Waals surface area contributed by atoms with Crippen LogP contribution in [-0.2, 0) is 34.1 Å². The van der Waals surface area contributed by atoms with Gasteiger partial charge in [-0.1, -0.05) is 29.3 Å². The van der Waals surface area contributed by atoms with Crippen LogP contribution in [-0.4, -0.2) is 33.7 Å². The van der Waals surface area contributed by atoms with E-state index in [9.17, 15) is 18.0 Å². The number of fused-ring (bicyclic) bond motifs is 1. The summed E-state index contributed by atoms with van der Waals surface area (Å²) in [5.74, 6) is -0.882. The van der Waals surface area contributed by atoms with E-state index in [2.05, 4.69) is 5.32 Å². The summed E-state index contributed by atoms with van der Waals surface area (Å²) in [6, 6.07) is 11.1. The molecule has 1 heterocycles. The van der Waals surface area contributed by atoms with E-state index in [1.807, 2.05) is 0 Å². The Morgan fingerprint density at radius 2 is 1.69 bits per heavy atom. The van der Waals surface area contributed by atoms with Crippen LogP contribution in [0.4, 0.5) is 10.7 Å². The topological polar surface area (TPSA) is 92.8 Å². The van der Waals surface area contributed by atoms with Crippen LogP contribution in [0.1, 0.15) is 49.6 Å². The largest absolute Gasteiger partial charge is 0.465 e. The fourth-order valence-electron chi connectivity index (χ4n) is 4.15. The molecule has 7 nitrogen and oxygen atoms in total. The van der Waals surface area contributed by atoms with Crippen LogP contribution < -0.4 is 9.62 Å². The summed E-state index contributed by atoms with van der Waals surface area (Å²) in [6.45, 7) is -0.0634. The summed E-state index contributed by atoms with van der Waals surface area (Å²) < 4.78 is 31.3. The molecule has 0 spiro atoms. The molecule has 0 fully saturated rings. The summed E-state index contributed by atoms with van der Waals surface area (Å²) >= 11 is 13.9. The number of carbonyl (C=O) groups is 2. The van der Waals surface area contributed by atoms with Crippen molar-refractivity contribution in [3.05, 3.63) is 79.6 Å². The number of benzene rings is 2. The van der Waals surface area contributed by atoms with E-state index >= 15 is 0 Å². The number of carbonyl (C=O) groups excluding carboxylic acids is 2. The molecule has 0 saturated heterocycles. The molecule has 0 atom stereocenters. The summed E-state index contributed by atoms with van der Waals surface area (Å²) in [7, 11) is -2.36. The number of anilines is 2. The van der Waals surface area contributed by atoms with Crippen molar-refractivity contribution in [3.63, 3.8) is 0 Å². The third-order valence-corrected chi connectivity index (χ3v) is 9.03. The lowest BCUT2D eigenvalue weighted by atomic mass is 9.95. The molecular formula is C25H24Cl2N2O5S2. The molecule has 2 aromatic carbocycles. The van der Waals surface area contributed by atoms with Gasteiger partial charge in [-0.2, -0.15) is 0 Å². The Hall–Kier alpha value is -2.59. The number of sulfonamides is 1. The summed E-state index contributed by atoms with van der Waals surface area (Å²) in [5, 5.41) is 4.02. The number of esters is 1. The summed E-state index contributed by atoms with van der Waals surface area (Å²) in [6.07, 6.45) is 4.76. The number of aryl methyl sites for hydroxylation is 1. The number of halogens is 2. The molecule has 0 bridgehead atoms. The number of ether oxygens (including phenoxy) is 1. The number of rotatable bonds is 7. The highest BCUT2D eigenvalue weighted by atomic mass is 35.5. The molecule has 1 aliphatic carbocycles. The average Bonchev–Trinajstić information content (AvgIpc) is 3.20. The lowest BCUT2D eigenvalue weighted by Gasteiger charge is -2.23. The van der Waals surface area contributed by atoms with Crippen molar-refractivity contribution in [3.8, 4) is 0 Å². The van der Waals surface area contributed by atoms with Crippen molar-refractivity contribution in [2.45, 2.75) is 32.2 Å². The first-order chi connectivity index (χ1) is 17.1. The number of nitrogens with one attached hydrogen (secondary N) is 1. The maximum Gasteiger partial charge on any atom is 0.341 e. The third-order valence-electron chi connectivity index (χ3n) is 5.97. The first kappa shape index (κ1) is 26.5. The standard InChI is InChI=1S/C25H24Cl2N2O5S2/c1-34-25(31)22-17-6-3-4-9-21(17)35-24(22)28-23(30)15-10-12-16(13-11-15)29(36(2,32)33)14-18-19(26)7-5-8-20(18)27/h5,7-8,10-13H,3-4,6,9,14H2,1-2H3,(H,28,30). The quantitative estimate of drug-likeness (QED) is 0.357. The van der Waals surface area contributed by atoms with Crippen molar-refractivity contribution in [2.75, 3.05) is 23.0 Å². The van der Waals surface area contributed by atoms with Crippen molar-refractivity contribution >= 4 is 67.1 Å². The lowest BCUT2D eigenvalue weighted by Crippen LogP contribution is -2.29. The Morgan fingerprint density at radius 3 is 2.31 bits per heavy atom. The first-order valence-electron chi connectivity index (χ1n) is 11.1. The molecular weight excluding hydrogens is 543 g/mol. The molecule has 4 rings (SSSR count). The van der Waals surface area contributed by atoms with Crippen molar-refractivity contribution in [2.24, 2.45) is 0 Å². The molecule has 1 N–H and O–H groups in total. The van der Waals surface area contributed by atoms with E-state index in [-0.39, 0.29) is 6.54 Å². The Bertz CT molecular complexity index is 1400. The molecule has 0 radical (unpaired) electrons. The molecule has 190 valence electrons. The van der Waals surface area contributed by atoms with Gasteiger partial charge in [-0.3, -0.25) is 9.10 Å². The second kappa shape index (κ2) is 10.8. The third kappa shape index (κ3) is 5.54. The molecule has 1 amide bonds.